The van der Waals surface area contributed by atoms with E-state index in [0.29, 0.717) is 29.5 Å². The van der Waals surface area contributed by atoms with E-state index in [1.165, 1.54) is 0 Å². The molecule has 0 atom stereocenters. The number of oxazole rings is 1. The highest BCUT2D eigenvalue weighted by molar-refractivity contribution is 6.33. The molecule has 3 N–H and O–H groups in total. The SMILES string of the molecule is NC(=O)CN1CCC(NC(=O)CCc2ncc(-c3ccccc3Cl)o2)CC1. The van der Waals surface area contributed by atoms with Crippen molar-refractivity contribution in [3.05, 3.63) is 41.4 Å². The number of hydrogen-bond donors (Lipinski definition) is 2. The van der Waals surface area contributed by atoms with E-state index in [4.69, 9.17) is 21.8 Å². The summed E-state index contributed by atoms with van der Waals surface area (Å²) >= 11 is 6.16. The highest BCUT2D eigenvalue weighted by Gasteiger charge is 2.21. The molecule has 1 aromatic heterocycles. The monoisotopic (exact) mass is 390 g/mol. The van der Waals surface area contributed by atoms with Gasteiger partial charge in [-0.3, -0.25) is 14.5 Å². The zero-order valence-corrected chi connectivity index (χ0v) is 15.7. The number of benzene rings is 1. The van der Waals surface area contributed by atoms with Crippen LogP contribution in [0.1, 0.15) is 25.2 Å². The first-order valence-electron chi connectivity index (χ1n) is 9.01. The summed E-state index contributed by atoms with van der Waals surface area (Å²) in [4.78, 5) is 29.4. The van der Waals surface area contributed by atoms with Crippen molar-refractivity contribution in [3.63, 3.8) is 0 Å². The Hall–Kier alpha value is -2.38. The van der Waals surface area contributed by atoms with Gasteiger partial charge in [0.05, 0.1) is 17.8 Å². The van der Waals surface area contributed by atoms with Crippen LogP contribution in [0.4, 0.5) is 0 Å². The van der Waals surface area contributed by atoms with Crippen LogP contribution in [0.3, 0.4) is 0 Å². The predicted octanol–water partition coefficient (Wildman–Crippen LogP) is 1.99. The largest absolute Gasteiger partial charge is 0.441 e. The zero-order chi connectivity index (χ0) is 19.2. The van der Waals surface area contributed by atoms with Crippen molar-refractivity contribution >= 4 is 23.4 Å². The van der Waals surface area contributed by atoms with Gasteiger partial charge in [-0.1, -0.05) is 23.7 Å². The Kier molecular flexibility index (Phi) is 6.47. The van der Waals surface area contributed by atoms with E-state index in [9.17, 15) is 9.59 Å². The molecule has 3 rings (SSSR count). The normalized spacial score (nSPS) is 15.6. The number of hydrogen-bond acceptors (Lipinski definition) is 5. The molecule has 1 saturated heterocycles. The van der Waals surface area contributed by atoms with Gasteiger partial charge in [-0.2, -0.15) is 0 Å². The molecule has 2 amide bonds. The molecule has 0 unspecified atom stereocenters. The van der Waals surface area contributed by atoms with Gasteiger partial charge in [0.15, 0.2) is 11.7 Å². The Morgan fingerprint density at radius 1 is 1.30 bits per heavy atom. The van der Waals surface area contributed by atoms with Crippen LogP contribution in [-0.4, -0.2) is 47.4 Å². The number of carbonyl (C=O) groups excluding carboxylic acids is 2. The Bertz CT molecular complexity index is 800. The first-order chi connectivity index (χ1) is 13.0. The molecule has 8 heteroatoms. The third-order valence-electron chi connectivity index (χ3n) is 4.59. The molecule has 0 radical (unpaired) electrons. The van der Waals surface area contributed by atoms with E-state index in [1.807, 2.05) is 23.1 Å². The lowest BCUT2D eigenvalue weighted by Crippen LogP contribution is -2.46. The standard InChI is InChI=1S/C19H23ClN4O3/c20-15-4-2-1-3-14(15)16-11-22-19(27-16)6-5-18(26)23-13-7-9-24(10-8-13)12-17(21)25/h1-4,11,13H,5-10,12H2,(H2,21,25)(H,23,26). The van der Waals surface area contributed by atoms with Gasteiger partial charge >= 0.3 is 0 Å². The van der Waals surface area contributed by atoms with Crippen LogP contribution >= 0.6 is 11.6 Å². The number of rotatable bonds is 7. The van der Waals surface area contributed by atoms with Gasteiger partial charge < -0.3 is 15.5 Å². The molecule has 1 aliphatic heterocycles. The van der Waals surface area contributed by atoms with Crippen LogP contribution in [0.2, 0.25) is 5.02 Å². The number of nitrogens with two attached hydrogens (primary N) is 1. The topological polar surface area (TPSA) is 101 Å². The van der Waals surface area contributed by atoms with Crippen molar-refractivity contribution in [2.45, 2.75) is 31.7 Å². The number of aromatic nitrogens is 1. The van der Waals surface area contributed by atoms with Crippen molar-refractivity contribution in [2.24, 2.45) is 5.73 Å². The molecule has 0 bridgehead atoms. The molecule has 144 valence electrons. The molecule has 0 saturated carbocycles. The fourth-order valence-electron chi connectivity index (χ4n) is 3.19. The van der Waals surface area contributed by atoms with E-state index < -0.39 is 0 Å². The van der Waals surface area contributed by atoms with Crippen LogP contribution in [0.15, 0.2) is 34.9 Å². The summed E-state index contributed by atoms with van der Waals surface area (Å²) in [6, 6.07) is 7.52. The summed E-state index contributed by atoms with van der Waals surface area (Å²) in [5.41, 5.74) is 5.99. The fraction of sp³-hybridized carbons (Fsp3) is 0.421. The van der Waals surface area contributed by atoms with E-state index in [-0.39, 0.29) is 24.4 Å². The summed E-state index contributed by atoms with van der Waals surface area (Å²) in [5.74, 6) is 0.759. The van der Waals surface area contributed by atoms with Crippen molar-refractivity contribution < 1.29 is 14.0 Å². The highest BCUT2D eigenvalue weighted by atomic mass is 35.5. The van der Waals surface area contributed by atoms with Crippen LogP contribution in [0, 0.1) is 0 Å². The number of halogens is 1. The summed E-state index contributed by atoms with van der Waals surface area (Å²) in [6.45, 7) is 1.79. The molecular weight excluding hydrogens is 368 g/mol. The summed E-state index contributed by atoms with van der Waals surface area (Å²) in [7, 11) is 0. The average Bonchev–Trinajstić information content (AvgIpc) is 3.10. The molecule has 2 heterocycles. The third-order valence-corrected chi connectivity index (χ3v) is 4.92. The van der Waals surface area contributed by atoms with Gasteiger partial charge in [-0.05, 0) is 25.0 Å². The van der Waals surface area contributed by atoms with Crippen molar-refractivity contribution in [2.75, 3.05) is 19.6 Å². The smallest absolute Gasteiger partial charge is 0.231 e. The molecular formula is C19H23ClN4O3. The summed E-state index contributed by atoms with van der Waals surface area (Å²) < 4.78 is 5.72. The Labute approximate surface area is 162 Å². The Morgan fingerprint density at radius 2 is 2.04 bits per heavy atom. The third kappa shape index (κ3) is 5.55. The minimum absolute atomic E-state index is 0.0270. The lowest BCUT2D eigenvalue weighted by molar-refractivity contribution is -0.123. The number of nitrogens with zero attached hydrogens (tertiary/aromatic N) is 2. The van der Waals surface area contributed by atoms with Gasteiger partial charge in [0.25, 0.3) is 0 Å². The lowest BCUT2D eigenvalue weighted by atomic mass is 10.0. The van der Waals surface area contributed by atoms with E-state index >= 15 is 0 Å². The maximum absolute atomic E-state index is 12.2. The lowest BCUT2D eigenvalue weighted by Gasteiger charge is -2.31. The number of primary amides is 1. The quantitative estimate of drug-likeness (QED) is 0.752. The van der Waals surface area contributed by atoms with Crippen molar-refractivity contribution in [1.82, 2.24) is 15.2 Å². The second-order valence-electron chi connectivity index (χ2n) is 6.68. The van der Waals surface area contributed by atoms with Gasteiger partial charge in [0.1, 0.15) is 0 Å². The summed E-state index contributed by atoms with van der Waals surface area (Å²) in [5, 5.41) is 3.64. The molecule has 27 heavy (non-hydrogen) atoms. The van der Waals surface area contributed by atoms with E-state index in [0.717, 1.165) is 31.5 Å². The predicted molar refractivity (Wildman–Crippen MR) is 102 cm³/mol. The highest BCUT2D eigenvalue weighted by Crippen LogP contribution is 2.28. The average molecular weight is 391 g/mol. The Balaban J connectivity index is 1.44. The van der Waals surface area contributed by atoms with E-state index in [1.54, 1.807) is 12.3 Å². The molecule has 0 aliphatic carbocycles. The first-order valence-corrected chi connectivity index (χ1v) is 9.38. The minimum atomic E-state index is -0.320. The van der Waals surface area contributed by atoms with Crippen LogP contribution < -0.4 is 11.1 Å². The number of nitrogens with one attached hydrogen (secondary N) is 1. The summed E-state index contributed by atoms with van der Waals surface area (Å²) in [6.07, 6.45) is 3.99. The van der Waals surface area contributed by atoms with Crippen LogP contribution in [0.25, 0.3) is 11.3 Å². The van der Waals surface area contributed by atoms with Crippen LogP contribution in [-0.2, 0) is 16.0 Å². The molecule has 7 nitrogen and oxygen atoms in total. The molecule has 1 aliphatic rings. The molecule has 1 aromatic carbocycles. The number of carbonyl (C=O) groups is 2. The van der Waals surface area contributed by atoms with Gasteiger partial charge in [-0.15, -0.1) is 0 Å². The van der Waals surface area contributed by atoms with Gasteiger partial charge in [0.2, 0.25) is 11.8 Å². The fourth-order valence-corrected chi connectivity index (χ4v) is 3.42. The number of aryl methyl sites for hydroxylation is 1. The molecule has 1 fully saturated rings. The van der Waals surface area contributed by atoms with Crippen molar-refractivity contribution in [3.8, 4) is 11.3 Å². The second-order valence-corrected chi connectivity index (χ2v) is 7.09. The molecule has 2 aromatic rings. The number of amides is 2. The van der Waals surface area contributed by atoms with Crippen molar-refractivity contribution in [1.29, 1.82) is 0 Å². The van der Waals surface area contributed by atoms with Gasteiger partial charge in [-0.25, -0.2) is 4.98 Å². The van der Waals surface area contributed by atoms with E-state index in [2.05, 4.69) is 10.3 Å². The zero-order valence-electron chi connectivity index (χ0n) is 15.0. The first kappa shape index (κ1) is 19.4. The number of piperidine rings is 1. The maximum atomic E-state index is 12.2. The Morgan fingerprint density at radius 3 is 2.74 bits per heavy atom. The second kappa shape index (κ2) is 9.01. The molecule has 0 spiro atoms. The van der Waals surface area contributed by atoms with Crippen LogP contribution in [0.5, 0.6) is 0 Å². The number of likely N-dealkylation sites (tertiary alicyclic amines) is 1. The maximum Gasteiger partial charge on any atom is 0.231 e. The minimum Gasteiger partial charge on any atom is -0.441 e. The van der Waals surface area contributed by atoms with Gasteiger partial charge in [0, 0.05) is 37.5 Å².